The summed E-state index contributed by atoms with van der Waals surface area (Å²) in [5.41, 5.74) is 0.0477. The standard InChI is InChI=1S/C14H20N2O2/c17-14-3-1-2-6-16(14)7-8-18-13-9-11-4-5-12(10-13)15-11/h1-3,6,11-13,15H,4-5,7-10H2. The highest BCUT2D eigenvalue weighted by Crippen LogP contribution is 2.28. The van der Waals surface area contributed by atoms with Crippen LogP contribution in [0.3, 0.4) is 0 Å². The van der Waals surface area contributed by atoms with Gasteiger partial charge in [-0.05, 0) is 31.7 Å². The number of aromatic nitrogens is 1. The van der Waals surface area contributed by atoms with Gasteiger partial charge in [-0.15, -0.1) is 0 Å². The zero-order valence-corrected chi connectivity index (χ0v) is 10.5. The Bertz CT molecular complexity index is 445. The van der Waals surface area contributed by atoms with Gasteiger partial charge in [0.15, 0.2) is 0 Å². The molecular weight excluding hydrogens is 228 g/mol. The number of nitrogens with zero attached hydrogens (tertiary/aromatic N) is 1. The van der Waals surface area contributed by atoms with Crippen LogP contribution in [0.25, 0.3) is 0 Å². The van der Waals surface area contributed by atoms with Crippen LogP contribution < -0.4 is 10.9 Å². The van der Waals surface area contributed by atoms with Crippen molar-refractivity contribution >= 4 is 0 Å². The van der Waals surface area contributed by atoms with Crippen molar-refractivity contribution < 1.29 is 4.74 Å². The summed E-state index contributed by atoms with van der Waals surface area (Å²) < 4.78 is 7.63. The van der Waals surface area contributed by atoms with Crippen molar-refractivity contribution in [2.75, 3.05) is 6.61 Å². The van der Waals surface area contributed by atoms with E-state index in [2.05, 4.69) is 5.32 Å². The van der Waals surface area contributed by atoms with Crippen molar-refractivity contribution in [3.05, 3.63) is 34.7 Å². The van der Waals surface area contributed by atoms with Gasteiger partial charge in [0.2, 0.25) is 0 Å². The third-order valence-electron chi connectivity index (χ3n) is 4.01. The Hall–Kier alpha value is -1.13. The molecular formula is C14H20N2O2. The fraction of sp³-hybridized carbons (Fsp3) is 0.643. The lowest BCUT2D eigenvalue weighted by molar-refractivity contribution is 0.0159. The Morgan fingerprint density at radius 2 is 2.06 bits per heavy atom. The van der Waals surface area contributed by atoms with Crippen LogP contribution in [0.2, 0.25) is 0 Å². The van der Waals surface area contributed by atoms with Crippen LogP contribution in [0.1, 0.15) is 25.7 Å². The monoisotopic (exact) mass is 248 g/mol. The molecule has 98 valence electrons. The summed E-state index contributed by atoms with van der Waals surface area (Å²) in [6.45, 7) is 1.28. The lowest BCUT2D eigenvalue weighted by Gasteiger charge is -2.29. The molecule has 2 bridgehead atoms. The van der Waals surface area contributed by atoms with Crippen molar-refractivity contribution in [1.29, 1.82) is 0 Å². The molecule has 2 saturated heterocycles. The summed E-state index contributed by atoms with van der Waals surface area (Å²) in [4.78, 5) is 11.5. The molecule has 1 aromatic rings. The first kappa shape index (κ1) is 11.9. The van der Waals surface area contributed by atoms with E-state index < -0.39 is 0 Å². The predicted octanol–water partition coefficient (Wildman–Crippen LogP) is 1.15. The van der Waals surface area contributed by atoms with E-state index in [9.17, 15) is 4.79 Å². The zero-order chi connectivity index (χ0) is 12.4. The van der Waals surface area contributed by atoms with Crippen LogP contribution >= 0.6 is 0 Å². The Balaban J connectivity index is 1.48. The summed E-state index contributed by atoms with van der Waals surface area (Å²) in [5.74, 6) is 0. The smallest absolute Gasteiger partial charge is 0.250 e. The van der Waals surface area contributed by atoms with E-state index in [0.717, 1.165) is 12.8 Å². The molecule has 4 nitrogen and oxygen atoms in total. The highest BCUT2D eigenvalue weighted by molar-refractivity contribution is 4.94. The number of rotatable bonds is 4. The van der Waals surface area contributed by atoms with Gasteiger partial charge in [0, 0.05) is 30.9 Å². The highest BCUT2D eigenvalue weighted by atomic mass is 16.5. The third-order valence-corrected chi connectivity index (χ3v) is 4.01. The first-order chi connectivity index (χ1) is 8.81. The number of fused-ring (bicyclic) bond motifs is 2. The van der Waals surface area contributed by atoms with Crippen molar-refractivity contribution in [2.24, 2.45) is 0 Å². The maximum absolute atomic E-state index is 11.5. The Kier molecular flexibility index (Phi) is 3.48. The minimum Gasteiger partial charge on any atom is -0.376 e. The van der Waals surface area contributed by atoms with Gasteiger partial charge in [-0.2, -0.15) is 0 Å². The number of piperidine rings is 1. The molecule has 3 heterocycles. The van der Waals surface area contributed by atoms with Gasteiger partial charge in [-0.3, -0.25) is 4.79 Å². The maximum Gasteiger partial charge on any atom is 0.250 e. The van der Waals surface area contributed by atoms with Gasteiger partial charge >= 0.3 is 0 Å². The van der Waals surface area contributed by atoms with Crippen LogP contribution in [-0.4, -0.2) is 29.4 Å². The Labute approximate surface area is 107 Å². The second-order valence-electron chi connectivity index (χ2n) is 5.33. The second kappa shape index (κ2) is 5.24. The summed E-state index contributed by atoms with van der Waals surface area (Å²) in [7, 11) is 0. The van der Waals surface area contributed by atoms with Crippen LogP contribution in [-0.2, 0) is 11.3 Å². The molecule has 3 rings (SSSR count). The SMILES string of the molecule is O=c1ccccn1CCOC1CC2CCC(C1)N2. The normalized spacial score (nSPS) is 30.6. The molecule has 2 aliphatic rings. The number of ether oxygens (including phenoxy) is 1. The summed E-state index contributed by atoms with van der Waals surface area (Å²) in [6, 6.07) is 6.56. The molecule has 0 aliphatic carbocycles. The van der Waals surface area contributed by atoms with Crippen molar-refractivity contribution in [3.63, 3.8) is 0 Å². The molecule has 0 radical (unpaired) electrons. The molecule has 18 heavy (non-hydrogen) atoms. The molecule has 2 unspecified atom stereocenters. The maximum atomic E-state index is 11.5. The van der Waals surface area contributed by atoms with Gasteiger partial charge in [0.05, 0.1) is 12.7 Å². The predicted molar refractivity (Wildman–Crippen MR) is 69.6 cm³/mol. The summed E-state index contributed by atoms with van der Waals surface area (Å²) in [5, 5.41) is 3.60. The van der Waals surface area contributed by atoms with Crippen LogP contribution in [0.4, 0.5) is 0 Å². The largest absolute Gasteiger partial charge is 0.376 e. The topological polar surface area (TPSA) is 43.3 Å². The zero-order valence-electron chi connectivity index (χ0n) is 10.5. The lowest BCUT2D eigenvalue weighted by atomic mass is 10.0. The van der Waals surface area contributed by atoms with Gasteiger partial charge in [0.25, 0.3) is 5.56 Å². The first-order valence-corrected chi connectivity index (χ1v) is 6.84. The van der Waals surface area contributed by atoms with Crippen LogP contribution in [0, 0.1) is 0 Å². The van der Waals surface area contributed by atoms with Gasteiger partial charge in [0.1, 0.15) is 0 Å². The van der Waals surface area contributed by atoms with E-state index in [1.54, 1.807) is 16.7 Å². The summed E-state index contributed by atoms with van der Waals surface area (Å²) in [6.07, 6.45) is 7.03. The van der Waals surface area contributed by atoms with Crippen LogP contribution in [0.15, 0.2) is 29.2 Å². The third kappa shape index (κ3) is 2.65. The average Bonchev–Trinajstić information content (AvgIpc) is 2.71. The molecule has 4 heteroatoms. The molecule has 2 fully saturated rings. The van der Waals surface area contributed by atoms with E-state index >= 15 is 0 Å². The highest BCUT2D eigenvalue weighted by Gasteiger charge is 2.33. The number of nitrogens with one attached hydrogen (secondary N) is 1. The second-order valence-corrected chi connectivity index (χ2v) is 5.33. The minimum absolute atomic E-state index is 0.0477. The van der Waals surface area contributed by atoms with E-state index in [-0.39, 0.29) is 5.56 Å². The van der Waals surface area contributed by atoms with Crippen molar-refractivity contribution in [1.82, 2.24) is 9.88 Å². The fourth-order valence-electron chi connectivity index (χ4n) is 3.10. The summed E-state index contributed by atoms with van der Waals surface area (Å²) >= 11 is 0. The number of pyridine rings is 1. The van der Waals surface area contributed by atoms with Gasteiger partial charge in [-0.25, -0.2) is 0 Å². The van der Waals surface area contributed by atoms with Gasteiger partial charge in [-0.1, -0.05) is 6.07 Å². The molecule has 0 saturated carbocycles. The van der Waals surface area contributed by atoms with E-state index in [0.29, 0.717) is 31.3 Å². The number of hydrogen-bond donors (Lipinski definition) is 1. The van der Waals surface area contributed by atoms with E-state index in [1.165, 1.54) is 12.8 Å². The Morgan fingerprint density at radius 3 is 2.78 bits per heavy atom. The van der Waals surface area contributed by atoms with Crippen molar-refractivity contribution in [3.8, 4) is 0 Å². The minimum atomic E-state index is 0.0477. The van der Waals surface area contributed by atoms with Crippen molar-refractivity contribution in [2.45, 2.75) is 50.4 Å². The first-order valence-electron chi connectivity index (χ1n) is 6.84. The molecule has 2 atom stereocenters. The van der Waals surface area contributed by atoms with Gasteiger partial charge < -0.3 is 14.6 Å². The lowest BCUT2D eigenvalue weighted by Crippen LogP contribution is -2.41. The fourth-order valence-corrected chi connectivity index (χ4v) is 3.10. The quantitative estimate of drug-likeness (QED) is 0.869. The van der Waals surface area contributed by atoms with E-state index in [1.807, 2.05) is 12.3 Å². The molecule has 0 aromatic carbocycles. The molecule has 1 N–H and O–H groups in total. The molecule has 0 amide bonds. The average molecular weight is 248 g/mol. The Morgan fingerprint density at radius 1 is 1.28 bits per heavy atom. The van der Waals surface area contributed by atoms with Crippen LogP contribution in [0.5, 0.6) is 0 Å². The molecule has 2 aliphatic heterocycles. The van der Waals surface area contributed by atoms with E-state index in [4.69, 9.17) is 4.74 Å². The number of hydrogen-bond acceptors (Lipinski definition) is 3. The molecule has 1 aromatic heterocycles. The molecule has 0 spiro atoms.